The molecule has 0 radical (unpaired) electrons. The second-order valence-electron chi connectivity index (χ2n) is 15.4. The molecule has 0 aromatic rings. The van der Waals surface area contributed by atoms with E-state index in [1.54, 1.807) is 0 Å². The topological polar surface area (TPSA) is 208 Å². The van der Waals surface area contributed by atoms with E-state index in [0.717, 1.165) is 44.9 Å². The monoisotopic (exact) mass is 916 g/mol. The summed E-state index contributed by atoms with van der Waals surface area (Å²) in [7, 11) is -9.72. The number of phosphoric ester groups is 2. The Morgan fingerprint density at radius 3 is 1.65 bits per heavy atom. The van der Waals surface area contributed by atoms with Crippen LogP contribution in [-0.4, -0.2) is 82.6 Å². The Kier molecular flexibility index (Phi) is 35.1. The zero-order valence-electron chi connectivity index (χ0n) is 37.4. The standard InChI is InChI=1S/C46H78O14P2/c1-3-5-7-8-9-10-11-12-13-14-15-16-17-21-24-27-31-35-45(48)55-39-42(40-58-62(53,54)57-38-41(47)37-56-61(50,51)52)59-46(49)36-32-28-25-22-19-18-20-23-26-30-34-44-43(60-44)33-29-6-4-2/h12-13,15-16,18,20-22,24-26,30,41-44,47H,3-11,14,17,19,23,27-29,31-40H2,1-2H3,(H,53,54)(H2,50,51,52)/b13-12-,16-15-,20-18-,24-21-,25-22-,30-26-/t41-,42+,43?,44?/m0/s1. The highest BCUT2D eigenvalue weighted by Crippen LogP contribution is 2.44. The molecule has 1 rings (SSSR count). The maximum absolute atomic E-state index is 12.7. The van der Waals surface area contributed by atoms with E-state index < -0.39 is 66.2 Å². The SMILES string of the molecule is CCCCCCCC/C=C\C/C=C\C/C=C\CCCC(=O)OC[C@H](COP(=O)(O)OC[C@@H](O)COP(=O)(O)O)OC(=O)CCC/C=C\C/C=C\C/C=C\CC1OC1CCCCC. The Morgan fingerprint density at radius 1 is 0.565 bits per heavy atom. The van der Waals surface area contributed by atoms with Gasteiger partial charge in [-0.1, -0.05) is 138 Å². The second-order valence-corrected chi connectivity index (χ2v) is 18.0. The molecule has 4 N–H and O–H groups in total. The van der Waals surface area contributed by atoms with Crippen LogP contribution in [0.3, 0.4) is 0 Å². The number of unbranched alkanes of at least 4 members (excludes halogenated alkanes) is 10. The first-order chi connectivity index (χ1) is 29.8. The zero-order valence-corrected chi connectivity index (χ0v) is 39.2. The molecule has 0 saturated carbocycles. The molecule has 0 aromatic heterocycles. The van der Waals surface area contributed by atoms with Gasteiger partial charge in [-0.2, -0.15) is 0 Å². The van der Waals surface area contributed by atoms with Gasteiger partial charge >= 0.3 is 27.6 Å². The van der Waals surface area contributed by atoms with Crippen LogP contribution >= 0.6 is 15.6 Å². The molecule has 62 heavy (non-hydrogen) atoms. The molecular weight excluding hydrogens is 838 g/mol. The molecule has 0 spiro atoms. The molecule has 14 nitrogen and oxygen atoms in total. The van der Waals surface area contributed by atoms with Gasteiger partial charge in [0.1, 0.15) is 12.7 Å². The molecular formula is C46H78O14P2. The van der Waals surface area contributed by atoms with Gasteiger partial charge in [-0.25, -0.2) is 9.13 Å². The number of aliphatic hydroxyl groups is 1. The average Bonchev–Trinajstić information content (AvgIpc) is 3.99. The summed E-state index contributed by atoms with van der Waals surface area (Å²) in [6, 6.07) is 0. The van der Waals surface area contributed by atoms with Crippen LogP contribution in [-0.2, 0) is 46.5 Å². The minimum Gasteiger partial charge on any atom is -0.462 e. The maximum Gasteiger partial charge on any atom is 0.472 e. The normalized spacial score (nSPS) is 17.9. The molecule has 5 atom stereocenters. The van der Waals surface area contributed by atoms with E-state index >= 15 is 0 Å². The third kappa shape index (κ3) is 38.0. The van der Waals surface area contributed by atoms with Crippen molar-refractivity contribution in [2.24, 2.45) is 0 Å². The fourth-order valence-corrected chi connectivity index (χ4v) is 7.08. The first-order valence-electron chi connectivity index (χ1n) is 22.8. The number of carbonyl (C=O) groups is 2. The number of hydrogen-bond acceptors (Lipinski definition) is 11. The van der Waals surface area contributed by atoms with Crippen molar-refractivity contribution in [3.05, 3.63) is 72.9 Å². The third-order valence-electron chi connectivity index (χ3n) is 9.48. The summed E-state index contributed by atoms with van der Waals surface area (Å²) in [5.74, 6) is -1.17. The summed E-state index contributed by atoms with van der Waals surface area (Å²) in [6.45, 7) is 1.59. The maximum atomic E-state index is 12.7. The molecule has 1 saturated heterocycles. The number of ether oxygens (including phenoxy) is 3. The van der Waals surface area contributed by atoms with Crippen LogP contribution in [0.1, 0.15) is 155 Å². The summed E-state index contributed by atoms with van der Waals surface area (Å²) < 4.78 is 53.4. The van der Waals surface area contributed by atoms with Crippen molar-refractivity contribution in [2.45, 2.75) is 180 Å². The van der Waals surface area contributed by atoms with E-state index in [4.69, 9.17) is 28.5 Å². The molecule has 0 aliphatic carbocycles. The van der Waals surface area contributed by atoms with Crippen LogP contribution in [0.4, 0.5) is 0 Å². The van der Waals surface area contributed by atoms with Gasteiger partial charge in [0.25, 0.3) is 0 Å². The van der Waals surface area contributed by atoms with Gasteiger partial charge in [0.15, 0.2) is 6.10 Å². The van der Waals surface area contributed by atoms with Crippen LogP contribution in [0.2, 0.25) is 0 Å². The largest absolute Gasteiger partial charge is 0.472 e. The van der Waals surface area contributed by atoms with E-state index in [-0.39, 0.29) is 12.8 Å². The molecule has 356 valence electrons. The summed E-state index contributed by atoms with van der Waals surface area (Å²) in [5.41, 5.74) is 0. The first kappa shape index (κ1) is 57.5. The van der Waals surface area contributed by atoms with Gasteiger partial charge < -0.3 is 34.0 Å². The van der Waals surface area contributed by atoms with Crippen molar-refractivity contribution in [1.82, 2.24) is 0 Å². The van der Waals surface area contributed by atoms with Crippen LogP contribution in [0, 0.1) is 0 Å². The molecule has 1 fully saturated rings. The van der Waals surface area contributed by atoms with Crippen LogP contribution in [0.5, 0.6) is 0 Å². The van der Waals surface area contributed by atoms with E-state index in [1.807, 2.05) is 24.3 Å². The molecule has 0 amide bonds. The number of phosphoric acid groups is 2. The Balaban J connectivity index is 2.42. The molecule has 3 unspecified atom stereocenters. The van der Waals surface area contributed by atoms with Gasteiger partial charge in [-0.15, -0.1) is 0 Å². The van der Waals surface area contributed by atoms with Crippen LogP contribution < -0.4 is 0 Å². The predicted molar refractivity (Wildman–Crippen MR) is 243 cm³/mol. The molecule has 0 aromatic carbocycles. The van der Waals surface area contributed by atoms with Crippen molar-refractivity contribution in [3.8, 4) is 0 Å². The number of epoxide rings is 1. The van der Waals surface area contributed by atoms with Crippen molar-refractivity contribution in [3.63, 3.8) is 0 Å². The smallest absolute Gasteiger partial charge is 0.462 e. The number of esters is 2. The van der Waals surface area contributed by atoms with E-state index in [1.165, 1.54) is 57.8 Å². The van der Waals surface area contributed by atoms with Crippen LogP contribution in [0.15, 0.2) is 72.9 Å². The minimum absolute atomic E-state index is 0.0378. The second kappa shape index (κ2) is 37.9. The summed E-state index contributed by atoms with van der Waals surface area (Å²) >= 11 is 0. The fraction of sp³-hybridized carbons (Fsp3) is 0.696. The zero-order chi connectivity index (χ0) is 45.6. The third-order valence-corrected chi connectivity index (χ3v) is 10.9. The number of hydrogen-bond donors (Lipinski definition) is 4. The lowest BCUT2D eigenvalue weighted by molar-refractivity contribution is -0.161. The summed E-state index contributed by atoms with van der Waals surface area (Å²) in [4.78, 5) is 52.7. The lowest BCUT2D eigenvalue weighted by atomic mass is 10.1. The van der Waals surface area contributed by atoms with Crippen molar-refractivity contribution >= 4 is 27.6 Å². The number of carbonyl (C=O) groups excluding carboxylic acids is 2. The molecule has 1 heterocycles. The van der Waals surface area contributed by atoms with Crippen molar-refractivity contribution in [1.29, 1.82) is 0 Å². The Morgan fingerprint density at radius 2 is 1.05 bits per heavy atom. The first-order valence-corrected chi connectivity index (χ1v) is 25.8. The van der Waals surface area contributed by atoms with Gasteiger partial charge in [-0.05, 0) is 77.0 Å². The Labute approximate surface area is 371 Å². The quantitative estimate of drug-likeness (QED) is 0.0148. The lowest BCUT2D eigenvalue weighted by Crippen LogP contribution is -2.29. The Hall–Kier alpha value is -2.48. The summed E-state index contributed by atoms with van der Waals surface area (Å²) in [5, 5.41) is 9.75. The molecule has 1 aliphatic heterocycles. The van der Waals surface area contributed by atoms with E-state index in [9.17, 15) is 28.7 Å². The highest BCUT2D eigenvalue weighted by Gasteiger charge is 2.36. The summed E-state index contributed by atoms with van der Waals surface area (Å²) in [6.07, 6.45) is 43.7. The predicted octanol–water partition coefficient (Wildman–Crippen LogP) is 10.8. The number of rotatable bonds is 41. The van der Waals surface area contributed by atoms with Crippen molar-refractivity contribution in [2.75, 3.05) is 26.4 Å². The highest BCUT2D eigenvalue weighted by molar-refractivity contribution is 7.47. The van der Waals surface area contributed by atoms with Gasteiger partial charge in [-0.3, -0.25) is 23.2 Å². The lowest BCUT2D eigenvalue weighted by Gasteiger charge is -2.20. The van der Waals surface area contributed by atoms with E-state index in [2.05, 4.69) is 71.5 Å². The Bertz CT molecular complexity index is 1440. The van der Waals surface area contributed by atoms with Gasteiger partial charge in [0.2, 0.25) is 0 Å². The van der Waals surface area contributed by atoms with E-state index in [0.29, 0.717) is 37.9 Å². The molecule has 1 aliphatic rings. The van der Waals surface area contributed by atoms with Crippen LogP contribution in [0.25, 0.3) is 0 Å². The molecule has 16 heteroatoms. The average molecular weight is 917 g/mol. The van der Waals surface area contributed by atoms with Crippen molar-refractivity contribution < 1.29 is 66.3 Å². The highest BCUT2D eigenvalue weighted by atomic mass is 31.2. The molecule has 0 bridgehead atoms. The van der Waals surface area contributed by atoms with Gasteiger partial charge in [0, 0.05) is 12.8 Å². The number of allylic oxidation sites excluding steroid dienone is 11. The van der Waals surface area contributed by atoms with Gasteiger partial charge in [0.05, 0.1) is 32.0 Å². The fourth-order valence-electron chi connectivity index (χ4n) is 5.92. The number of aliphatic hydroxyl groups excluding tert-OH is 1. The minimum atomic E-state index is -4.88.